The summed E-state index contributed by atoms with van der Waals surface area (Å²) in [4.78, 5) is 28.6. The second kappa shape index (κ2) is 6.46. The van der Waals surface area contributed by atoms with Gasteiger partial charge >= 0.3 is 0 Å². The lowest BCUT2D eigenvalue weighted by Gasteiger charge is -2.10. The van der Waals surface area contributed by atoms with Crippen molar-refractivity contribution >= 4 is 34.3 Å². The average molecular weight is 368 g/mol. The second-order valence-corrected chi connectivity index (χ2v) is 6.65. The molecule has 0 bridgehead atoms. The van der Waals surface area contributed by atoms with Crippen LogP contribution in [-0.2, 0) is 4.79 Å². The Kier molecular flexibility index (Phi) is 4.10. The molecule has 3 aromatic rings. The predicted molar refractivity (Wildman–Crippen MR) is 97.2 cm³/mol. The smallest absolute Gasteiger partial charge is 0.259 e. The topological polar surface area (TPSA) is 97.1 Å². The Hall–Kier alpha value is -3.29. The van der Waals surface area contributed by atoms with Crippen molar-refractivity contribution in [1.82, 2.24) is 10.1 Å². The first-order valence-electron chi connectivity index (χ1n) is 8.58. The molecule has 2 aromatic heterocycles. The number of carbonyl (C=O) groups excluding carboxylic acids is 2. The van der Waals surface area contributed by atoms with Crippen LogP contribution < -0.4 is 10.6 Å². The minimum atomic E-state index is -0.583. The van der Waals surface area contributed by atoms with E-state index in [1.54, 1.807) is 13.0 Å². The number of pyridine rings is 1. The summed E-state index contributed by atoms with van der Waals surface area (Å²) in [5.41, 5.74) is 2.48. The Morgan fingerprint density at radius 3 is 2.70 bits per heavy atom. The van der Waals surface area contributed by atoms with Crippen LogP contribution in [0.3, 0.4) is 0 Å². The number of nitrogens with one attached hydrogen (secondary N) is 2. The number of fused-ring (bicyclic) bond motifs is 1. The summed E-state index contributed by atoms with van der Waals surface area (Å²) in [6.07, 6.45) is 2.06. The zero-order chi connectivity index (χ0) is 19.1. The zero-order valence-electron chi connectivity index (χ0n) is 14.8. The number of anilines is 2. The lowest BCUT2D eigenvalue weighted by atomic mass is 10.1. The molecule has 0 atom stereocenters. The molecule has 138 valence electrons. The molecule has 1 aliphatic rings. The Balaban J connectivity index is 1.69. The molecule has 1 saturated carbocycles. The molecule has 2 N–H and O–H groups in total. The van der Waals surface area contributed by atoms with Crippen molar-refractivity contribution in [2.24, 2.45) is 0 Å². The molecule has 1 fully saturated rings. The maximum atomic E-state index is 13.8. The highest BCUT2D eigenvalue weighted by Crippen LogP contribution is 2.40. The molecule has 2 amide bonds. The molecule has 1 aromatic carbocycles. The maximum absolute atomic E-state index is 13.8. The van der Waals surface area contributed by atoms with Crippen LogP contribution in [0.5, 0.6) is 0 Å². The number of carbonyl (C=O) groups is 2. The zero-order valence-corrected chi connectivity index (χ0v) is 14.8. The highest BCUT2D eigenvalue weighted by molar-refractivity contribution is 6.12. The molecule has 0 radical (unpaired) electrons. The first kappa shape index (κ1) is 17.1. The van der Waals surface area contributed by atoms with Crippen LogP contribution in [0.1, 0.15) is 47.4 Å². The molecule has 0 unspecified atom stereocenters. The van der Waals surface area contributed by atoms with E-state index in [9.17, 15) is 14.0 Å². The third kappa shape index (κ3) is 3.38. The van der Waals surface area contributed by atoms with E-state index in [4.69, 9.17) is 4.52 Å². The lowest BCUT2D eigenvalue weighted by Crippen LogP contribution is -2.14. The van der Waals surface area contributed by atoms with Crippen molar-refractivity contribution in [3.63, 3.8) is 0 Å². The Labute approximate surface area is 153 Å². The van der Waals surface area contributed by atoms with Gasteiger partial charge in [0.05, 0.1) is 22.3 Å². The van der Waals surface area contributed by atoms with Crippen LogP contribution in [0.15, 0.2) is 28.8 Å². The summed E-state index contributed by atoms with van der Waals surface area (Å²) in [5.74, 6) is -1.03. The van der Waals surface area contributed by atoms with E-state index in [2.05, 4.69) is 20.8 Å². The van der Waals surface area contributed by atoms with Crippen molar-refractivity contribution in [1.29, 1.82) is 0 Å². The summed E-state index contributed by atoms with van der Waals surface area (Å²) < 4.78 is 19.1. The van der Waals surface area contributed by atoms with Crippen molar-refractivity contribution in [3.8, 4) is 0 Å². The van der Waals surface area contributed by atoms with Gasteiger partial charge in [0.1, 0.15) is 5.82 Å². The number of halogens is 1. The fourth-order valence-electron chi connectivity index (χ4n) is 2.97. The van der Waals surface area contributed by atoms with Crippen LogP contribution in [0.4, 0.5) is 15.8 Å². The van der Waals surface area contributed by atoms with Gasteiger partial charge in [-0.2, -0.15) is 0 Å². The van der Waals surface area contributed by atoms with Crippen LogP contribution in [0, 0.1) is 12.7 Å². The van der Waals surface area contributed by atoms with Crippen LogP contribution in [0.2, 0.25) is 0 Å². The number of rotatable bonds is 4. The van der Waals surface area contributed by atoms with E-state index in [0.29, 0.717) is 34.0 Å². The van der Waals surface area contributed by atoms with E-state index in [1.807, 2.05) is 0 Å². The number of aromatic nitrogens is 2. The summed E-state index contributed by atoms with van der Waals surface area (Å²) >= 11 is 0. The summed E-state index contributed by atoms with van der Waals surface area (Å²) in [7, 11) is 0. The first-order valence-corrected chi connectivity index (χ1v) is 8.58. The van der Waals surface area contributed by atoms with Crippen molar-refractivity contribution in [2.45, 2.75) is 32.6 Å². The molecule has 27 heavy (non-hydrogen) atoms. The van der Waals surface area contributed by atoms with E-state index in [-0.39, 0.29) is 11.6 Å². The van der Waals surface area contributed by atoms with E-state index < -0.39 is 11.7 Å². The molecule has 7 nitrogen and oxygen atoms in total. The minimum Gasteiger partial charge on any atom is -0.336 e. The molecule has 4 rings (SSSR count). The largest absolute Gasteiger partial charge is 0.336 e. The number of aryl methyl sites for hydroxylation is 1. The van der Waals surface area contributed by atoms with Crippen LogP contribution in [-0.4, -0.2) is 22.0 Å². The third-order valence-electron chi connectivity index (χ3n) is 4.41. The molecule has 0 saturated heterocycles. The van der Waals surface area contributed by atoms with Gasteiger partial charge in [0, 0.05) is 24.2 Å². The first-order chi connectivity index (χ1) is 12.9. The standard InChI is InChI=1S/C19H17FN4O3/c1-9-17-13(8-15(11-3-4-11)23-19(17)27-24-9)18(26)22-12-5-6-14(20)16(7-12)21-10(2)25/h5-8,11H,3-4H2,1-2H3,(H,21,25)(H,22,26). The number of nitrogens with zero attached hydrogens (tertiary/aromatic N) is 2. The number of benzene rings is 1. The van der Waals surface area contributed by atoms with Gasteiger partial charge in [-0.05, 0) is 44.0 Å². The van der Waals surface area contributed by atoms with Crippen LogP contribution in [0.25, 0.3) is 11.1 Å². The Morgan fingerprint density at radius 2 is 2.00 bits per heavy atom. The van der Waals surface area contributed by atoms with Crippen molar-refractivity contribution in [2.75, 3.05) is 10.6 Å². The van der Waals surface area contributed by atoms with E-state index in [0.717, 1.165) is 18.5 Å². The summed E-state index contributed by atoms with van der Waals surface area (Å²) in [5, 5.41) is 9.60. The van der Waals surface area contributed by atoms with Gasteiger partial charge in [-0.25, -0.2) is 9.37 Å². The SMILES string of the molecule is CC(=O)Nc1cc(NC(=O)c2cc(C3CC3)nc3onc(C)c23)ccc1F. The molecule has 1 aliphatic carbocycles. The van der Waals surface area contributed by atoms with Crippen molar-refractivity contribution < 1.29 is 18.5 Å². The van der Waals surface area contributed by atoms with Gasteiger partial charge in [-0.15, -0.1) is 0 Å². The van der Waals surface area contributed by atoms with Gasteiger partial charge in [0.15, 0.2) is 0 Å². The van der Waals surface area contributed by atoms with E-state index >= 15 is 0 Å². The monoisotopic (exact) mass is 368 g/mol. The molecule has 0 spiro atoms. The molecule has 2 heterocycles. The third-order valence-corrected chi connectivity index (χ3v) is 4.41. The van der Waals surface area contributed by atoms with Crippen LogP contribution >= 0.6 is 0 Å². The average Bonchev–Trinajstić information content (AvgIpc) is 3.40. The molecule has 8 heteroatoms. The number of amides is 2. The lowest BCUT2D eigenvalue weighted by molar-refractivity contribution is -0.114. The molecular formula is C19H17FN4O3. The fourth-order valence-corrected chi connectivity index (χ4v) is 2.97. The normalized spacial score (nSPS) is 13.6. The predicted octanol–water partition coefficient (Wildman–Crippen LogP) is 3.76. The van der Waals surface area contributed by atoms with Gasteiger partial charge in [0.2, 0.25) is 5.91 Å². The number of hydrogen-bond acceptors (Lipinski definition) is 5. The summed E-state index contributed by atoms with van der Waals surface area (Å²) in [6.45, 7) is 3.03. The van der Waals surface area contributed by atoms with Gasteiger partial charge < -0.3 is 15.2 Å². The van der Waals surface area contributed by atoms with Gasteiger partial charge in [0.25, 0.3) is 11.6 Å². The van der Waals surface area contributed by atoms with Gasteiger partial charge in [-0.3, -0.25) is 9.59 Å². The minimum absolute atomic E-state index is 0.00000283. The molecule has 0 aliphatic heterocycles. The fraction of sp³-hybridized carbons (Fsp3) is 0.263. The highest BCUT2D eigenvalue weighted by atomic mass is 19.1. The second-order valence-electron chi connectivity index (χ2n) is 6.65. The highest BCUT2D eigenvalue weighted by Gasteiger charge is 2.28. The summed E-state index contributed by atoms with van der Waals surface area (Å²) in [6, 6.07) is 5.75. The Morgan fingerprint density at radius 1 is 1.22 bits per heavy atom. The number of hydrogen-bond donors (Lipinski definition) is 2. The quantitative estimate of drug-likeness (QED) is 0.731. The van der Waals surface area contributed by atoms with Gasteiger partial charge in [-0.1, -0.05) is 5.16 Å². The molecular weight excluding hydrogens is 351 g/mol. The van der Waals surface area contributed by atoms with Crippen molar-refractivity contribution in [3.05, 3.63) is 47.0 Å². The maximum Gasteiger partial charge on any atom is 0.259 e. The Bertz CT molecular complexity index is 1070. The van der Waals surface area contributed by atoms with E-state index in [1.165, 1.54) is 25.1 Å².